The van der Waals surface area contributed by atoms with Gasteiger partial charge in [-0.2, -0.15) is 0 Å². The van der Waals surface area contributed by atoms with Crippen molar-refractivity contribution in [2.45, 2.75) is 17.1 Å². The van der Waals surface area contributed by atoms with Gasteiger partial charge in [0.1, 0.15) is 17.1 Å². The molecule has 0 spiro atoms. The first-order valence-electron chi connectivity index (χ1n) is 11.7. The molecule has 0 amide bonds. The Hall–Kier alpha value is -3.40. The van der Waals surface area contributed by atoms with Crippen LogP contribution in [0.15, 0.2) is 71.6 Å². The Morgan fingerprint density at radius 1 is 0.944 bits per heavy atom. The third-order valence-electron chi connectivity index (χ3n) is 6.00. The number of nitrogens with zero attached hydrogens (tertiary/aromatic N) is 1. The van der Waals surface area contributed by atoms with Gasteiger partial charge >= 0.3 is 5.97 Å². The highest BCUT2D eigenvalue weighted by molar-refractivity contribution is 7.90. The number of rotatable bonds is 9. The van der Waals surface area contributed by atoms with Crippen molar-refractivity contribution in [2.24, 2.45) is 0 Å². The molecule has 3 aromatic carbocycles. The van der Waals surface area contributed by atoms with Gasteiger partial charge in [0, 0.05) is 25.2 Å². The predicted molar refractivity (Wildman–Crippen MR) is 135 cm³/mol. The Balaban J connectivity index is 1.38. The van der Waals surface area contributed by atoms with Crippen LogP contribution >= 0.6 is 0 Å². The van der Waals surface area contributed by atoms with Gasteiger partial charge in [0.2, 0.25) is 0 Å². The van der Waals surface area contributed by atoms with Crippen LogP contribution < -0.4 is 0 Å². The van der Waals surface area contributed by atoms with Crippen molar-refractivity contribution >= 4 is 15.8 Å². The van der Waals surface area contributed by atoms with E-state index in [1.807, 2.05) is 0 Å². The summed E-state index contributed by atoms with van der Waals surface area (Å²) >= 11 is 0. The van der Waals surface area contributed by atoms with Crippen molar-refractivity contribution in [3.05, 3.63) is 77.9 Å². The Labute approximate surface area is 210 Å². The molecule has 0 aliphatic carbocycles. The molecule has 8 nitrogen and oxygen atoms in total. The summed E-state index contributed by atoms with van der Waals surface area (Å²) in [6.07, 6.45) is 0.669. The van der Waals surface area contributed by atoms with Gasteiger partial charge in [-0.15, -0.1) is 0 Å². The minimum Gasteiger partial charge on any atom is -0.507 e. The number of benzene rings is 3. The first-order chi connectivity index (χ1) is 17.3. The number of hydrogen-bond acceptors (Lipinski definition) is 8. The average molecular weight is 512 g/mol. The van der Waals surface area contributed by atoms with Crippen LogP contribution in [0, 0.1) is 0 Å². The molecule has 1 aliphatic heterocycles. The lowest BCUT2D eigenvalue weighted by atomic mass is 10.1. The molecule has 190 valence electrons. The Kier molecular flexibility index (Phi) is 8.25. The normalized spacial score (nSPS) is 14.4. The van der Waals surface area contributed by atoms with E-state index in [1.54, 1.807) is 30.3 Å². The van der Waals surface area contributed by atoms with E-state index in [9.17, 15) is 23.4 Å². The van der Waals surface area contributed by atoms with Crippen molar-refractivity contribution in [3.8, 4) is 22.6 Å². The van der Waals surface area contributed by atoms with E-state index in [0.717, 1.165) is 19.6 Å². The van der Waals surface area contributed by atoms with Gasteiger partial charge in [-0.25, -0.2) is 13.2 Å². The lowest BCUT2D eigenvalue weighted by Gasteiger charge is -2.26. The maximum Gasteiger partial charge on any atom is 0.341 e. The summed E-state index contributed by atoms with van der Waals surface area (Å²) in [5.74, 6) is -1.29. The molecule has 0 bridgehead atoms. The quantitative estimate of drug-likeness (QED) is 0.331. The zero-order valence-corrected chi connectivity index (χ0v) is 20.6. The number of morpholine rings is 1. The topological polar surface area (TPSA) is 113 Å². The van der Waals surface area contributed by atoms with Crippen molar-refractivity contribution in [2.75, 3.05) is 39.5 Å². The third kappa shape index (κ3) is 6.42. The summed E-state index contributed by atoms with van der Waals surface area (Å²) in [6, 6.07) is 17.2. The van der Waals surface area contributed by atoms with Crippen molar-refractivity contribution in [1.82, 2.24) is 4.90 Å². The molecule has 0 unspecified atom stereocenters. The standard InChI is InChI=1S/C27H29NO7S/c29-25-8-2-1-7-23(25)21-5-3-6-22(18-21)36(32,33)19-20-9-10-24(26(30)17-20)27(31)35-14-4-11-28-12-15-34-16-13-28/h1-3,5-10,17-18,29-30H,4,11-16,19H2. The van der Waals surface area contributed by atoms with Crippen LogP contribution in [-0.4, -0.2) is 69.0 Å². The maximum absolute atomic E-state index is 13.1. The van der Waals surface area contributed by atoms with Crippen LogP contribution in [0.1, 0.15) is 22.3 Å². The van der Waals surface area contributed by atoms with Crippen LogP contribution in [0.2, 0.25) is 0 Å². The monoisotopic (exact) mass is 511 g/mol. The Morgan fingerprint density at radius 3 is 2.47 bits per heavy atom. The summed E-state index contributed by atoms with van der Waals surface area (Å²) in [7, 11) is -3.76. The fourth-order valence-corrected chi connectivity index (χ4v) is 5.45. The lowest BCUT2D eigenvalue weighted by molar-refractivity contribution is 0.0297. The minimum atomic E-state index is -3.76. The molecule has 9 heteroatoms. The van der Waals surface area contributed by atoms with Crippen molar-refractivity contribution in [1.29, 1.82) is 0 Å². The van der Waals surface area contributed by atoms with Gasteiger partial charge < -0.3 is 19.7 Å². The molecular weight excluding hydrogens is 482 g/mol. The van der Waals surface area contributed by atoms with E-state index in [-0.39, 0.29) is 34.3 Å². The number of carbonyl (C=O) groups is 1. The van der Waals surface area contributed by atoms with Gasteiger partial charge in [-0.05, 0) is 47.9 Å². The van der Waals surface area contributed by atoms with Crippen LogP contribution in [0.4, 0.5) is 0 Å². The molecule has 1 heterocycles. The number of sulfone groups is 1. The molecule has 0 aromatic heterocycles. The van der Waals surface area contributed by atoms with E-state index in [2.05, 4.69) is 4.90 Å². The summed E-state index contributed by atoms with van der Waals surface area (Å²) in [5, 5.41) is 20.5. The molecular formula is C27H29NO7S. The van der Waals surface area contributed by atoms with Crippen molar-refractivity contribution < 1.29 is 32.9 Å². The molecule has 0 radical (unpaired) electrons. The summed E-state index contributed by atoms with van der Waals surface area (Å²) in [6.45, 7) is 4.15. The largest absolute Gasteiger partial charge is 0.507 e. The highest BCUT2D eigenvalue weighted by Gasteiger charge is 2.20. The van der Waals surface area contributed by atoms with Crippen molar-refractivity contribution in [3.63, 3.8) is 0 Å². The second kappa shape index (κ2) is 11.6. The van der Waals surface area contributed by atoms with E-state index >= 15 is 0 Å². The molecule has 1 aliphatic rings. The molecule has 0 saturated carbocycles. The number of ether oxygens (including phenoxy) is 2. The highest BCUT2D eigenvalue weighted by Crippen LogP contribution is 2.31. The molecule has 3 aromatic rings. The van der Waals surface area contributed by atoms with Gasteiger partial charge in [-0.3, -0.25) is 4.90 Å². The summed E-state index contributed by atoms with van der Waals surface area (Å²) in [4.78, 5) is 14.7. The number of phenols is 2. The molecule has 4 rings (SSSR count). The zero-order chi connectivity index (χ0) is 25.5. The Bertz CT molecular complexity index is 1320. The predicted octanol–water partition coefficient (Wildman–Crippen LogP) is 3.62. The summed E-state index contributed by atoms with van der Waals surface area (Å²) in [5.41, 5.74) is 1.43. The van der Waals surface area contributed by atoms with Gasteiger partial charge in [0.25, 0.3) is 0 Å². The number of phenolic OH excluding ortho intramolecular Hbond substituents is 2. The first-order valence-corrected chi connectivity index (χ1v) is 13.4. The SMILES string of the molecule is O=C(OCCCN1CCOCC1)c1ccc(CS(=O)(=O)c2cccc(-c3ccccc3O)c2)cc1O. The number of aromatic hydroxyl groups is 2. The second-order valence-electron chi connectivity index (χ2n) is 8.60. The number of hydrogen-bond donors (Lipinski definition) is 2. The minimum absolute atomic E-state index is 0.0101. The number of esters is 1. The maximum atomic E-state index is 13.1. The zero-order valence-electron chi connectivity index (χ0n) is 19.8. The van der Waals surface area contributed by atoms with Gasteiger partial charge in [-0.1, -0.05) is 36.4 Å². The Morgan fingerprint density at radius 2 is 1.72 bits per heavy atom. The first kappa shape index (κ1) is 25.7. The molecule has 1 fully saturated rings. The number of carbonyl (C=O) groups excluding carboxylic acids is 1. The fourth-order valence-electron chi connectivity index (χ4n) is 4.07. The molecule has 2 N–H and O–H groups in total. The summed E-state index contributed by atoms with van der Waals surface area (Å²) < 4.78 is 36.7. The van der Waals surface area contributed by atoms with Crippen LogP contribution in [0.25, 0.3) is 11.1 Å². The van der Waals surface area contributed by atoms with E-state index < -0.39 is 15.8 Å². The molecule has 36 heavy (non-hydrogen) atoms. The number of para-hydroxylation sites is 1. The van der Waals surface area contributed by atoms with E-state index in [1.165, 1.54) is 36.4 Å². The lowest BCUT2D eigenvalue weighted by Crippen LogP contribution is -2.37. The third-order valence-corrected chi connectivity index (χ3v) is 7.69. The second-order valence-corrected chi connectivity index (χ2v) is 10.6. The molecule has 1 saturated heterocycles. The van der Waals surface area contributed by atoms with Crippen LogP contribution in [-0.2, 0) is 25.1 Å². The van der Waals surface area contributed by atoms with Gasteiger partial charge in [0.15, 0.2) is 9.84 Å². The molecule has 0 atom stereocenters. The van der Waals surface area contributed by atoms with E-state index in [0.29, 0.717) is 36.3 Å². The van der Waals surface area contributed by atoms with Crippen LogP contribution in [0.3, 0.4) is 0 Å². The van der Waals surface area contributed by atoms with Crippen LogP contribution in [0.5, 0.6) is 11.5 Å². The average Bonchev–Trinajstić information content (AvgIpc) is 2.87. The van der Waals surface area contributed by atoms with E-state index in [4.69, 9.17) is 9.47 Å². The highest BCUT2D eigenvalue weighted by atomic mass is 32.2. The fraction of sp³-hybridized carbons (Fsp3) is 0.296. The smallest absolute Gasteiger partial charge is 0.341 e. The van der Waals surface area contributed by atoms with Gasteiger partial charge in [0.05, 0.1) is 30.5 Å².